The van der Waals surface area contributed by atoms with Gasteiger partial charge in [0, 0.05) is 16.0 Å². The predicted molar refractivity (Wildman–Crippen MR) is 104 cm³/mol. The molecule has 1 heterocycles. The quantitative estimate of drug-likeness (QED) is 0.468. The zero-order valence-electron chi connectivity index (χ0n) is 14.8. The monoisotopic (exact) mass is 368 g/mol. The number of carbonyl (C=O) groups excluding carboxylic acids is 2. The maximum absolute atomic E-state index is 12.5. The zero-order chi connectivity index (χ0) is 18.9. The number of anilines is 1. The smallest absolute Gasteiger partial charge is 0.284 e. The number of nitrogens with one attached hydrogen (secondary N) is 2. The lowest BCUT2D eigenvalue weighted by Gasteiger charge is -2.19. The van der Waals surface area contributed by atoms with Gasteiger partial charge in [-0.1, -0.05) is 32.9 Å². The molecule has 0 aliphatic heterocycles. The van der Waals surface area contributed by atoms with Crippen molar-refractivity contribution in [3.8, 4) is 0 Å². The molecule has 0 radical (unpaired) electrons. The van der Waals surface area contributed by atoms with Crippen molar-refractivity contribution in [3.63, 3.8) is 0 Å². The van der Waals surface area contributed by atoms with E-state index >= 15 is 0 Å². The molecule has 26 heavy (non-hydrogen) atoms. The van der Waals surface area contributed by atoms with Gasteiger partial charge in [0.15, 0.2) is 0 Å². The van der Waals surface area contributed by atoms with E-state index in [1.165, 1.54) is 16.9 Å². The van der Waals surface area contributed by atoms with E-state index in [0.29, 0.717) is 16.1 Å². The molecular weight excluding hydrogens is 348 g/mol. The number of amides is 2. The van der Waals surface area contributed by atoms with E-state index in [1.54, 1.807) is 23.7 Å². The summed E-state index contributed by atoms with van der Waals surface area (Å²) < 4.78 is 0.899. The number of hydrogen-bond acceptors (Lipinski definition) is 4. The van der Waals surface area contributed by atoms with Gasteiger partial charge in [0.2, 0.25) is 0 Å². The van der Waals surface area contributed by atoms with Crippen LogP contribution in [0.4, 0.5) is 5.69 Å². The van der Waals surface area contributed by atoms with Crippen molar-refractivity contribution in [2.45, 2.75) is 26.2 Å². The van der Waals surface area contributed by atoms with Crippen molar-refractivity contribution in [2.75, 3.05) is 5.32 Å². The summed E-state index contributed by atoms with van der Waals surface area (Å²) in [5.41, 5.74) is 4.07. The van der Waals surface area contributed by atoms with Crippen LogP contribution in [-0.4, -0.2) is 17.0 Å². The lowest BCUT2D eigenvalue weighted by Crippen LogP contribution is -2.16. The fourth-order valence-electron chi connectivity index (χ4n) is 2.61. The van der Waals surface area contributed by atoms with Crippen LogP contribution in [-0.2, 0) is 5.41 Å². The molecule has 3 rings (SSSR count). The molecule has 6 heteroatoms. The number of carbonyl (C=O) groups is 2. The second-order valence-electron chi connectivity index (χ2n) is 7.09. The van der Waals surface area contributed by atoms with E-state index in [2.05, 4.69) is 26.1 Å². The van der Waals surface area contributed by atoms with E-state index in [9.17, 15) is 9.59 Å². The highest BCUT2D eigenvalue weighted by Crippen LogP contribution is 2.28. The van der Waals surface area contributed by atoms with Crippen molar-refractivity contribution < 1.29 is 14.8 Å². The van der Waals surface area contributed by atoms with Gasteiger partial charge in [-0.3, -0.25) is 14.8 Å². The predicted octanol–water partition coefficient (Wildman–Crippen LogP) is 4.57. The highest BCUT2D eigenvalue weighted by molar-refractivity contribution is 7.20. The van der Waals surface area contributed by atoms with Gasteiger partial charge in [0.1, 0.15) is 0 Å². The van der Waals surface area contributed by atoms with Gasteiger partial charge in [-0.2, -0.15) is 0 Å². The summed E-state index contributed by atoms with van der Waals surface area (Å²) in [7, 11) is 0. The normalized spacial score (nSPS) is 11.4. The molecule has 2 aromatic carbocycles. The molecule has 0 bridgehead atoms. The Morgan fingerprint density at radius 3 is 2.27 bits per heavy atom. The Morgan fingerprint density at radius 2 is 1.65 bits per heavy atom. The molecule has 3 N–H and O–H groups in total. The van der Waals surface area contributed by atoms with Gasteiger partial charge in [-0.15, -0.1) is 11.3 Å². The van der Waals surface area contributed by atoms with Crippen LogP contribution in [0.25, 0.3) is 10.1 Å². The van der Waals surface area contributed by atoms with E-state index in [-0.39, 0.29) is 11.3 Å². The largest absolute Gasteiger partial charge is 0.322 e. The first-order chi connectivity index (χ1) is 12.3. The van der Waals surface area contributed by atoms with Crippen LogP contribution >= 0.6 is 11.3 Å². The average Bonchev–Trinajstić information content (AvgIpc) is 3.03. The summed E-state index contributed by atoms with van der Waals surface area (Å²) in [5.74, 6) is -0.732. The number of fused-ring (bicyclic) bond motifs is 1. The van der Waals surface area contributed by atoms with Gasteiger partial charge in [0.25, 0.3) is 11.8 Å². The standard InChI is InChI=1S/C20H20N2O3S/c1-20(2,3)14-6-4-12(5-7-14)18(23)21-15-8-9-16-13(10-15)11-17(26-16)19(24)22-25/h4-11,25H,1-3H3,(H,21,23)(H,22,24). The summed E-state index contributed by atoms with van der Waals surface area (Å²) in [6, 6.07) is 14.7. The van der Waals surface area contributed by atoms with Gasteiger partial charge < -0.3 is 5.32 Å². The highest BCUT2D eigenvalue weighted by atomic mass is 32.1. The lowest BCUT2D eigenvalue weighted by molar-refractivity contribution is 0.0711. The third-order valence-electron chi connectivity index (χ3n) is 4.11. The molecule has 134 valence electrons. The molecule has 0 spiro atoms. The molecule has 0 unspecified atom stereocenters. The molecule has 2 amide bonds. The summed E-state index contributed by atoms with van der Waals surface area (Å²) in [4.78, 5) is 24.4. The number of hydroxylamine groups is 1. The molecule has 0 saturated carbocycles. The second kappa shape index (κ2) is 6.90. The molecule has 0 aliphatic rings. The zero-order valence-corrected chi connectivity index (χ0v) is 15.6. The van der Waals surface area contributed by atoms with E-state index in [0.717, 1.165) is 10.1 Å². The molecule has 0 saturated heterocycles. The molecular formula is C20H20N2O3S. The molecule has 5 nitrogen and oxygen atoms in total. The van der Waals surface area contributed by atoms with E-state index < -0.39 is 5.91 Å². The van der Waals surface area contributed by atoms with Crippen LogP contribution in [0.2, 0.25) is 0 Å². The van der Waals surface area contributed by atoms with Crippen molar-refractivity contribution >= 4 is 38.9 Å². The molecule has 0 fully saturated rings. The third-order valence-corrected chi connectivity index (χ3v) is 5.23. The van der Waals surface area contributed by atoms with Gasteiger partial charge >= 0.3 is 0 Å². The minimum atomic E-state index is -0.546. The van der Waals surface area contributed by atoms with Crippen LogP contribution in [0, 0.1) is 0 Å². The van der Waals surface area contributed by atoms with Gasteiger partial charge in [-0.05, 0) is 52.8 Å². The minimum absolute atomic E-state index is 0.0392. The first-order valence-corrected chi connectivity index (χ1v) is 8.99. The fourth-order valence-corrected chi connectivity index (χ4v) is 3.55. The maximum Gasteiger partial charge on any atom is 0.284 e. The molecule has 0 atom stereocenters. The Bertz CT molecular complexity index is 969. The van der Waals surface area contributed by atoms with Crippen molar-refractivity contribution in [2.24, 2.45) is 0 Å². The highest BCUT2D eigenvalue weighted by Gasteiger charge is 2.15. The first kappa shape index (κ1) is 18.1. The topological polar surface area (TPSA) is 78.4 Å². The van der Waals surface area contributed by atoms with E-state index in [4.69, 9.17) is 5.21 Å². The number of hydrogen-bond donors (Lipinski definition) is 3. The second-order valence-corrected chi connectivity index (χ2v) is 8.17. The Balaban J connectivity index is 1.79. The Kier molecular flexibility index (Phi) is 4.80. The Labute approximate surface area is 155 Å². The molecule has 0 aliphatic carbocycles. The van der Waals surface area contributed by atoms with Gasteiger partial charge in [0.05, 0.1) is 4.88 Å². The number of rotatable bonds is 3. The molecule has 3 aromatic rings. The van der Waals surface area contributed by atoms with Crippen LogP contribution in [0.5, 0.6) is 0 Å². The van der Waals surface area contributed by atoms with E-state index in [1.807, 2.05) is 30.3 Å². The minimum Gasteiger partial charge on any atom is -0.322 e. The summed E-state index contributed by atoms with van der Waals surface area (Å²) in [5, 5.41) is 12.4. The van der Waals surface area contributed by atoms with Crippen molar-refractivity contribution in [1.29, 1.82) is 0 Å². The Morgan fingerprint density at radius 1 is 0.962 bits per heavy atom. The summed E-state index contributed by atoms with van der Waals surface area (Å²) in [6.07, 6.45) is 0. The van der Waals surface area contributed by atoms with Crippen LogP contribution in [0.1, 0.15) is 46.4 Å². The third kappa shape index (κ3) is 3.76. The van der Waals surface area contributed by atoms with Crippen LogP contribution < -0.4 is 10.8 Å². The Hall–Kier alpha value is -2.70. The summed E-state index contributed by atoms with van der Waals surface area (Å²) >= 11 is 1.27. The SMILES string of the molecule is CC(C)(C)c1ccc(C(=O)Nc2ccc3sc(C(=O)NO)cc3c2)cc1. The first-order valence-electron chi connectivity index (χ1n) is 8.18. The lowest BCUT2D eigenvalue weighted by atomic mass is 9.87. The van der Waals surface area contributed by atoms with Crippen LogP contribution in [0.3, 0.4) is 0 Å². The van der Waals surface area contributed by atoms with Crippen molar-refractivity contribution in [3.05, 3.63) is 64.5 Å². The maximum atomic E-state index is 12.5. The fraction of sp³-hybridized carbons (Fsp3) is 0.200. The van der Waals surface area contributed by atoms with Crippen molar-refractivity contribution in [1.82, 2.24) is 5.48 Å². The molecule has 1 aromatic heterocycles. The number of thiophene rings is 1. The number of benzene rings is 2. The van der Waals surface area contributed by atoms with Crippen LogP contribution in [0.15, 0.2) is 48.5 Å². The summed E-state index contributed by atoms with van der Waals surface area (Å²) in [6.45, 7) is 6.39. The van der Waals surface area contributed by atoms with Gasteiger partial charge in [-0.25, -0.2) is 5.48 Å². The average molecular weight is 368 g/mol.